The Balaban J connectivity index is 1.79. The Bertz CT molecular complexity index is 691. The monoisotopic (exact) mass is 326 g/mol. The molecule has 1 N–H and O–H groups in total. The molecule has 1 fully saturated rings. The van der Waals surface area contributed by atoms with E-state index < -0.39 is 10.0 Å². The maximum atomic E-state index is 12.3. The fourth-order valence-electron chi connectivity index (χ4n) is 2.68. The van der Waals surface area contributed by atoms with Gasteiger partial charge in [0.2, 0.25) is 10.0 Å². The minimum Gasteiger partial charge on any atom is -0.348 e. The maximum absolute atomic E-state index is 12.3. The Hall–Kier alpha value is -1.41. The van der Waals surface area contributed by atoms with Gasteiger partial charge in [-0.25, -0.2) is 8.42 Å². The highest BCUT2D eigenvalue weighted by Crippen LogP contribution is 2.29. The van der Waals surface area contributed by atoms with Crippen LogP contribution in [-0.4, -0.2) is 40.2 Å². The van der Waals surface area contributed by atoms with E-state index in [0.29, 0.717) is 18.7 Å². The lowest BCUT2D eigenvalue weighted by Gasteiger charge is -2.16. The zero-order valence-electron chi connectivity index (χ0n) is 13.0. The van der Waals surface area contributed by atoms with Gasteiger partial charge in [0.05, 0.1) is 18.0 Å². The van der Waals surface area contributed by atoms with Crippen molar-refractivity contribution in [2.45, 2.75) is 51.7 Å². The number of carbonyl (C=O) groups is 1. The van der Waals surface area contributed by atoms with Crippen molar-refractivity contribution in [1.82, 2.24) is 19.4 Å². The molecule has 2 aliphatic rings. The summed E-state index contributed by atoms with van der Waals surface area (Å²) >= 11 is 0. The third kappa shape index (κ3) is 2.89. The van der Waals surface area contributed by atoms with Crippen LogP contribution in [0.25, 0.3) is 0 Å². The SMILES string of the molecule is CCCCS(=O)(=O)N1Cc2c(C(=O)NC3CC3)nn(C)c2C1. The van der Waals surface area contributed by atoms with Crippen LogP contribution in [0.4, 0.5) is 0 Å². The minimum atomic E-state index is -3.27. The van der Waals surface area contributed by atoms with Crippen LogP contribution in [0.15, 0.2) is 0 Å². The van der Waals surface area contributed by atoms with Gasteiger partial charge in [0, 0.05) is 25.2 Å². The van der Waals surface area contributed by atoms with Crippen molar-refractivity contribution in [3.63, 3.8) is 0 Å². The number of nitrogens with zero attached hydrogens (tertiary/aromatic N) is 3. The summed E-state index contributed by atoms with van der Waals surface area (Å²) in [5, 5.41) is 7.19. The van der Waals surface area contributed by atoms with Crippen LogP contribution >= 0.6 is 0 Å². The smallest absolute Gasteiger partial charge is 0.272 e. The molecule has 1 aliphatic heterocycles. The highest BCUT2D eigenvalue weighted by Gasteiger charge is 2.36. The lowest BCUT2D eigenvalue weighted by molar-refractivity contribution is 0.0944. The van der Waals surface area contributed by atoms with Crippen molar-refractivity contribution in [3.05, 3.63) is 17.0 Å². The number of sulfonamides is 1. The third-order valence-corrected chi connectivity index (χ3v) is 6.06. The van der Waals surface area contributed by atoms with Gasteiger partial charge in [0.1, 0.15) is 0 Å². The molecule has 8 heteroatoms. The van der Waals surface area contributed by atoms with E-state index in [1.54, 1.807) is 11.7 Å². The number of carbonyl (C=O) groups excluding carboxylic acids is 1. The first-order valence-electron chi connectivity index (χ1n) is 7.75. The standard InChI is InChI=1S/C14H22N4O3S/c1-3-4-7-22(20,21)18-8-11-12(9-18)17(2)16-13(11)14(19)15-10-5-6-10/h10H,3-9H2,1-2H3,(H,15,19). The predicted molar refractivity (Wildman–Crippen MR) is 81.6 cm³/mol. The van der Waals surface area contributed by atoms with Gasteiger partial charge in [0.25, 0.3) is 5.91 Å². The Morgan fingerprint density at radius 1 is 1.36 bits per heavy atom. The molecule has 0 saturated heterocycles. The van der Waals surface area contributed by atoms with E-state index in [0.717, 1.165) is 30.5 Å². The summed E-state index contributed by atoms with van der Waals surface area (Å²) in [6, 6.07) is 0.260. The van der Waals surface area contributed by atoms with Crippen LogP contribution < -0.4 is 5.32 Å². The number of aryl methyl sites for hydroxylation is 1. The van der Waals surface area contributed by atoms with Gasteiger partial charge in [0.15, 0.2) is 5.69 Å². The Morgan fingerprint density at radius 2 is 2.09 bits per heavy atom. The molecule has 2 heterocycles. The van der Waals surface area contributed by atoms with E-state index in [9.17, 15) is 13.2 Å². The number of unbranched alkanes of at least 4 members (excludes halogenated alkanes) is 1. The quantitative estimate of drug-likeness (QED) is 0.836. The lowest BCUT2D eigenvalue weighted by atomic mass is 10.2. The molecule has 0 atom stereocenters. The van der Waals surface area contributed by atoms with Crippen molar-refractivity contribution in [2.75, 3.05) is 5.75 Å². The fraction of sp³-hybridized carbons (Fsp3) is 0.714. The zero-order valence-corrected chi connectivity index (χ0v) is 13.8. The second kappa shape index (κ2) is 5.66. The van der Waals surface area contributed by atoms with Gasteiger partial charge >= 0.3 is 0 Å². The van der Waals surface area contributed by atoms with Gasteiger partial charge in [-0.1, -0.05) is 13.3 Å². The summed E-state index contributed by atoms with van der Waals surface area (Å²) in [6.07, 6.45) is 3.52. The van der Waals surface area contributed by atoms with Gasteiger partial charge in [-0.2, -0.15) is 9.40 Å². The van der Waals surface area contributed by atoms with E-state index in [1.807, 2.05) is 6.92 Å². The van der Waals surface area contributed by atoms with Crippen molar-refractivity contribution in [2.24, 2.45) is 7.05 Å². The summed E-state index contributed by atoms with van der Waals surface area (Å²) < 4.78 is 27.8. The van der Waals surface area contributed by atoms with E-state index in [2.05, 4.69) is 10.4 Å². The van der Waals surface area contributed by atoms with Gasteiger partial charge in [-0.15, -0.1) is 0 Å². The molecule has 1 aromatic heterocycles. The maximum Gasteiger partial charge on any atom is 0.272 e. The van der Waals surface area contributed by atoms with E-state index in [-0.39, 0.29) is 24.2 Å². The van der Waals surface area contributed by atoms with Crippen molar-refractivity contribution in [3.8, 4) is 0 Å². The van der Waals surface area contributed by atoms with Crippen LogP contribution in [0.1, 0.15) is 54.4 Å². The summed E-state index contributed by atoms with van der Waals surface area (Å²) in [5.41, 5.74) is 1.94. The molecule has 1 saturated carbocycles. The number of hydrogen-bond donors (Lipinski definition) is 1. The number of nitrogens with one attached hydrogen (secondary N) is 1. The number of hydrogen-bond acceptors (Lipinski definition) is 4. The molecule has 0 aromatic carbocycles. The summed E-state index contributed by atoms with van der Waals surface area (Å²) in [4.78, 5) is 12.2. The molecule has 7 nitrogen and oxygen atoms in total. The van der Waals surface area contributed by atoms with Crippen molar-refractivity contribution < 1.29 is 13.2 Å². The molecule has 122 valence electrons. The summed E-state index contributed by atoms with van der Waals surface area (Å²) in [6.45, 7) is 2.53. The number of aromatic nitrogens is 2. The lowest BCUT2D eigenvalue weighted by Crippen LogP contribution is -2.30. The first-order valence-corrected chi connectivity index (χ1v) is 9.36. The van der Waals surface area contributed by atoms with Crippen LogP contribution in [0.5, 0.6) is 0 Å². The average Bonchev–Trinajstić information content (AvgIpc) is 3.06. The molecule has 1 amide bonds. The van der Waals surface area contributed by atoms with E-state index >= 15 is 0 Å². The Morgan fingerprint density at radius 3 is 2.73 bits per heavy atom. The van der Waals surface area contributed by atoms with E-state index in [4.69, 9.17) is 0 Å². The molecule has 1 aliphatic carbocycles. The second-order valence-electron chi connectivity index (χ2n) is 6.08. The molecular formula is C14H22N4O3S. The third-order valence-electron chi connectivity index (χ3n) is 4.21. The highest BCUT2D eigenvalue weighted by atomic mass is 32.2. The first kappa shape index (κ1) is 15.5. The average molecular weight is 326 g/mol. The second-order valence-corrected chi connectivity index (χ2v) is 8.17. The molecule has 1 aromatic rings. The van der Waals surface area contributed by atoms with Gasteiger partial charge < -0.3 is 5.32 Å². The molecule has 0 radical (unpaired) electrons. The molecule has 0 unspecified atom stereocenters. The molecule has 0 spiro atoms. The predicted octanol–water partition coefficient (Wildman–Crippen LogP) is 0.758. The Kier molecular flexibility index (Phi) is 3.98. The zero-order chi connectivity index (χ0) is 15.9. The van der Waals surface area contributed by atoms with Crippen molar-refractivity contribution in [1.29, 1.82) is 0 Å². The largest absolute Gasteiger partial charge is 0.348 e. The molecule has 22 heavy (non-hydrogen) atoms. The summed E-state index contributed by atoms with van der Waals surface area (Å²) in [7, 11) is -1.51. The van der Waals surface area contributed by atoms with Crippen LogP contribution in [0.3, 0.4) is 0 Å². The minimum absolute atomic E-state index is 0.161. The van der Waals surface area contributed by atoms with Crippen LogP contribution in [0.2, 0.25) is 0 Å². The highest BCUT2D eigenvalue weighted by molar-refractivity contribution is 7.89. The first-order chi connectivity index (χ1) is 10.4. The number of amides is 1. The van der Waals surface area contributed by atoms with Gasteiger partial charge in [-0.05, 0) is 19.3 Å². The Labute approximate surface area is 130 Å². The topological polar surface area (TPSA) is 84.3 Å². The molecular weight excluding hydrogens is 304 g/mol. The van der Waals surface area contributed by atoms with Crippen LogP contribution in [-0.2, 0) is 30.2 Å². The number of rotatable bonds is 6. The van der Waals surface area contributed by atoms with Crippen LogP contribution in [0, 0.1) is 0 Å². The van der Waals surface area contributed by atoms with E-state index in [1.165, 1.54) is 4.31 Å². The fourth-order valence-corrected chi connectivity index (χ4v) is 4.24. The number of fused-ring (bicyclic) bond motifs is 1. The molecule has 0 bridgehead atoms. The normalized spacial score (nSPS) is 18.5. The summed E-state index contributed by atoms with van der Waals surface area (Å²) in [5.74, 6) is -0.0266. The van der Waals surface area contributed by atoms with Crippen molar-refractivity contribution >= 4 is 15.9 Å². The van der Waals surface area contributed by atoms with Gasteiger partial charge in [-0.3, -0.25) is 9.48 Å². The molecule has 3 rings (SSSR count).